The molecule has 0 bridgehead atoms. The zero-order valence-electron chi connectivity index (χ0n) is 17.1. The minimum absolute atomic E-state index is 0. The van der Waals surface area contributed by atoms with E-state index in [0.29, 0.717) is 38.7 Å². The first-order valence-corrected chi connectivity index (χ1v) is 11.1. The highest BCUT2D eigenvalue weighted by Gasteiger charge is 2.30. The largest absolute Gasteiger partial charge is 0.373 e. The number of ether oxygens (including phenoxy) is 1. The minimum atomic E-state index is -3.32. The van der Waals surface area contributed by atoms with Gasteiger partial charge < -0.3 is 15.4 Å². The second kappa shape index (κ2) is 11.9. The van der Waals surface area contributed by atoms with E-state index in [1.807, 2.05) is 32.9 Å². The molecule has 28 heavy (non-hydrogen) atoms. The Hall–Kier alpha value is -0.910. The Kier molecular flexibility index (Phi) is 10.7. The maximum absolute atomic E-state index is 12.6. The van der Waals surface area contributed by atoms with Gasteiger partial charge in [-0.25, -0.2) is 13.4 Å². The number of sulfonamides is 1. The van der Waals surface area contributed by atoms with Crippen molar-refractivity contribution in [3.63, 3.8) is 0 Å². The van der Waals surface area contributed by atoms with Gasteiger partial charge in [0.1, 0.15) is 0 Å². The second-order valence-electron chi connectivity index (χ2n) is 7.00. The van der Waals surface area contributed by atoms with E-state index in [2.05, 4.69) is 34.7 Å². The summed E-state index contributed by atoms with van der Waals surface area (Å²) in [5.41, 5.74) is 2.33. The standard InChI is InChI=1S/C19H32N4O3S.HI/c1-5-20-19(22-12-18-8-6-15(2)7-9-18)21-10-11-27(24,25)23-13-16(3)26-17(4)14-23;/h6-9,16-17H,5,10-14H2,1-4H3,(H2,20,21,22);1H. The summed E-state index contributed by atoms with van der Waals surface area (Å²) in [7, 11) is -3.32. The summed E-state index contributed by atoms with van der Waals surface area (Å²) < 4.78 is 32.3. The first kappa shape index (κ1) is 25.1. The number of nitrogens with zero attached hydrogens (tertiary/aromatic N) is 2. The zero-order chi connectivity index (χ0) is 19.9. The van der Waals surface area contributed by atoms with E-state index in [1.165, 1.54) is 9.87 Å². The quantitative estimate of drug-likeness (QED) is 0.325. The number of morpholine rings is 1. The second-order valence-corrected chi connectivity index (χ2v) is 9.09. The first-order chi connectivity index (χ1) is 12.8. The summed E-state index contributed by atoms with van der Waals surface area (Å²) in [6, 6.07) is 8.21. The molecule has 0 spiro atoms. The number of nitrogens with one attached hydrogen (secondary N) is 2. The van der Waals surface area contributed by atoms with Crippen LogP contribution in [0.5, 0.6) is 0 Å². The van der Waals surface area contributed by atoms with Crippen LogP contribution >= 0.6 is 24.0 Å². The van der Waals surface area contributed by atoms with E-state index in [1.54, 1.807) is 0 Å². The highest BCUT2D eigenvalue weighted by atomic mass is 127. The molecule has 9 heteroatoms. The number of aliphatic imine (C=N–C) groups is 1. The average molecular weight is 524 g/mol. The topological polar surface area (TPSA) is 83.0 Å². The maximum atomic E-state index is 12.6. The molecular weight excluding hydrogens is 491 g/mol. The Bertz CT molecular complexity index is 715. The number of benzene rings is 1. The normalized spacial score (nSPS) is 21.1. The van der Waals surface area contributed by atoms with E-state index in [4.69, 9.17) is 4.74 Å². The van der Waals surface area contributed by atoms with E-state index < -0.39 is 10.0 Å². The first-order valence-electron chi connectivity index (χ1n) is 9.51. The number of guanidine groups is 1. The van der Waals surface area contributed by atoms with Crippen molar-refractivity contribution in [2.75, 3.05) is 31.9 Å². The lowest BCUT2D eigenvalue weighted by atomic mass is 10.1. The molecule has 0 radical (unpaired) electrons. The summed E-state index contributed by atoms with van der Waals surface area (Å²) in [5.74, 6) is 0.651. The molecule has 2 rings (SSSR count). The van der Waals surface area contributed by atoms with Crippen LogP contribution in [0, 0.1) is 6.92 Å². The van der Waals surface area contributed by atoms with Crippen molar-refractivity contribution in [2.45, 2.75) is 46.4 Å². The Balaban J connectivity index is 0.00000392. The molecule has 1 aromatic carbocycles. The van der Waals surface area contributed by atoms with Crippen molar-refractivity contribution in [1.29, 1.82) is 0 Å². The molecule has 2 atom stereocenters. The highest BCUT2D eigenvalue weighted by molar-refractivity contribution is 14.0. The summed E-state index contributed by atoms with van der Waals surface area (Å²) in [5, 5.41) is 6.28. The zero-order valence-corrected chi connectivity index (χ0v) is 20.3. The number of hydrogen-bond acceptors (Lipinski definition) is 4. The molecule has 2 N–H and O–H groups in total. The molecule has 0 aliphatic carbocycles. The van der Waals surface area contributed by atoms with Gasteiger partial charge in [-0.3, -0.25) is 0 Å². The predicted octanol–water partition coefficient (Wildman–Crippen LogP) is 2.11. The number of rotatable bonds is 7. The lowest BCUT2D eigenvalue weighted by Crippen LogP contribution is -2.50. The fourth-order valence-corrected chi connectivity index (χ4v) is 4.48. The summed E-state index contributed by atoms with van der Waals surface area (Å²) in [6.07, 6.45) is -0.158. The molecule has 160 valence electrons. The van der Waals surface area contributed by atoms with Crippen molar-refractivity contribution in [2.24, 2.45) is 4.99 Å². The molecule has 2 unspecified atom stereocenters. The maximum Gasteiger partial charge on any atom is 0.216 e. The van der Waals surface area contributed by atoms with Gasteiger partial charge in [0.2, 0.25) is 10.0 Å². The molecule has 1 saturated heterocycles. The van der Waals surface area contributed by atoms with Crippen LogP contribution in [0.15, 0.2) is 29.3 Å². The number of halogens is 1. The van der Waals surface area contributed by atoms with Crippen molar-refractivity contribution in [3.05, 3.63) is 35.4 Å². The lowest BCUT2D eigenvalue weighted by molar-refractivity contribution is -0.0440. The van der Waals surface area contributed by atoms with Crippen LogP contribution in [0.25, 0.3) is 0 Å². The highest BCUT2D eigenvalue weighted by Crippen LogP contribution is 2.14. The summed E-state index contributed by atoms with van der Waals surface area (Å²) >= 11 is 0. The van der Waals surface area contributed by atoms with Gasteiger partial charge >= 0.3 is 0 Å². The van der Waals surface area contributed by atoms with E-state index in [9.17, 15) is 8.42 Å². The summed E-state index contributed by atoms with van der Waals surface area (Å²) in [6.45, 7) is 10.2. The Labute approximate surface area is 186 Å². The van der Waals surface area contributed by atoms with E-state index >= 15 is 0 Å². The van der Waals surface area contributed by atoms with Gasteiger partial charge in [-0.15, -0.1) is 24.0 Å². The molecule has 1 aliphatic rings. The van der Waals surface area contributed by atoms with Gasteiger partial charge in [0, 0.05) is 26.2 Å². The molecule has 0 aromatic heterocycles. The van der Waals surface area contributed by atoms with Gasteiger partial charge in [0.15, 0.2) is 5.96 Å². The molecular formula is C19H33IN4O3S. The molecule has 7 nitrogen and oxygen atoms in total. The van der Waals surface area contributed by atoms with Crippen LogP contribution in [-0.2, 0) is 21.3 Å². The Morgan fingerprint density at radius 3 is 2.36 bits per heavy atom. The molecule has 1 aromatic rings. The van der Waals surface area contributed by atoms with Crippen LogP contribution in [0.3, 0.4) is 0 Å². The molecule has 0 saturated carbocycles. The molecule has 0 amide bonds. The third-order valence-corrected chi connectivity index (χ3v) is 6.12. The van der Waals surface area contributed by atoms with Crippen LogP contribution in [0.2, 0.25) is 0 Å². The average Bonchev–Trinajstić information content (AvgIpc) is 2.60. The van der Waals surface area contributed by atoms with Crippen molar-refractivity contribution >= 4 is 40.0 Å². The molecule has 1 heterocycles. The van der Waals surface area contributed by atoms with Gasteiger partial charge in [-0.05, 0) is 33.3 Å². The minimum Gasteiger partial charge on any atom is -0.373 e. The Morgan fingerprint density at radius 1 is 1.18 bits per heavy atom. The third-order valence-electron chi connectivity index (χ3n) is 4.32. The summed E-state index contributed by atoms with van der Waals surface area (Å²) in [4.78, 5) is 4.54. The van der Waals surface area contributed by atoms with Crippen molar-refractivity contribution < 1.29 is 13.2 Å². The SMILES string of the molecule is CCNC(=NCc1ccc(C)cc1)NCCS(=O)(=O)N1CC(C)OC(C)C1.I. The van der Waals surface area contributed by atoms with Gasteiger partial charge in [-0.2, -0.15) is 4.31 Å². The van der Waals surface area contributed by atoms with Crippen LogP contribution in [-0.4, -0.2) is 62.8 Å². The number of hydrogen-bond donors (Lipinski definition) is 2. The van der Waals surface area contributed by atoms with Gasteiger partial charge in [-0.1, -0.05) is 29.8 Å². The predicted molar refractivity (Wildman–Crippen MR) is 125 cm³/mol. The molecule has 1 aliphatic heterocycles. The fourth-order valence-electron chi connectivity index (χ4n) is 2.99. The van der Waals surface area contributed by atoms with Crippen molar-refractivity contribution in [3.8, 4) is 0 Å². The monoisotopic (exact) mass is 524 g/mol. The van der Waals surface area contributed by atoms with Gasteiger partial charge in [0.05, 0.1) is 24.5 Å². The van der Waals surface area contributed by atoms with Crippen LogP contribution in [0.1, 0.15) is 31.9 Å². The third kappa shape index (κ3) is 8.22. The Morgan fingerprint density at radius 2 is 1.79 bits per heavy atom. The van der Waals surface area contributed by atoms with E-state index in [-0.39, 0.29) is 41.9 Å². The number of aryl methyl sites for hydroxylation is 1. The lowest BCUT2D eigenvalue weighted by Gasteiger charge is -2.34. The van der Waals surface area contributed by atoms with Crippen molar-refractivity contribution in [1.82, 2.24) is 14.9 Å². The molecule has 1 fully saturated rings. The van der Waals surface area contributed by atoms with Crippen LogP contribution in [0.4, 0.5) is 0 Å². The van der Waals surface area contributed by atoms with E-state index in [0.717, 1.165) is 5.56 Å². The fraction of sp³-hybridized carbons (Fsp3) is 0.632. The van der Waals surface area contributed by atoms with Crippen LogP contribution < -0.4 is 10.6 Å². The van der Waals surface area contributed by atoms with Gasteiger partial charge in [0.25, 0.3) is 0 Å². The smallest absolute Gasteiger partial charge is 0.216 e.